The van der Waals surface area contributed by atoms with Crippen LogP contribution >= 0.6 is 11.6 Å². The molecule has 0 saturated carbocycles. The zero-order valence-electron chi connectivity index (χ0n) is 13.3. The lowest BCUT2D eigenvalue weighted by Gasteiger charge is -2.31. The summed E-state index contributed by atoms with van der Waals surface area (Å²) in [6, 6.07) is 2.06. The number of hydrogen-bond donors (Lipinski definition) is 1. The third-order valence-electron chi connectivity index (χ3n) is 2.93. The van der Waals surface area contributed by atoms with Crippen molar-refractivity contribution in [1.82, 2.24) is 9.97 Å². The number of aromatic nitrogens is 2. The van der Waals surface area contributed by atoms with Crippen LogP contribution in [0.1, 0.15) is 46.7 Å². The minimum Gasteiger partial charge on any atom is -0.475 e. The van der Waals surface area contributed by atoms with E-state index in [9.17, 15) is 0 Å². The van der Waals surface area contributed by atoms with Gasteiger partial charge in [0.2, 0.25) is 11.8 Å². The molecule has 0 aliphatic heterocycles. The van der Waals surface area contributed by atoms with Gasteiger partial charge in [-0.2, -0.15) is 4.98 Å². The first-order valence-corrected chi connectivity index (χ1v) is 7.60. The summed E-state index contributed by atoms with van der Waals surface area (Å²) in [5.41, 5.74) is 0.970. The van der Waals surface area contributed by atoms with E-state index in [-0.39, 0.29) is 17.6 Å². The van der Waals surface area contributed by atoms with Gasteiger partial charge in [-0.15, -0.1) is 11.6 Å². The van der Waals surface area contributed by atoms with Gasteiger partial charge in [0.05, 0.1) is 6.10 Å². The summed E-state index contributed by atoms with van der Waals surface area (Å²) in [6.07, 6.45) is 0.960. The highest BCUT2D eigenvalue weighted by Crippen LogP contribution is 2.25. The molecule has 0 amide bonds. The maximum Gasteiger partial charge on any atom is 0.226 e. The quantitative estimate of drug-likeness (QED) is 0.806. The number of rotatable bonds is 6. The molecular formula is C15H26ClN3O. The van der Waals surface area contributed by atoms with Gasteiger partial charge in [-0.05, 0) is 32.6 Å². The number of alkyl halides is 1. The van der Waals surface area contributed by atoms with Crippen molar-refractivity contribution in [3.8, 4) is 5.88 Å². The van der Waals surface area contributed by atoms with Gasteiger partial charge < -0.3 is 10.1 Å². The fourth-order valence-electron chi connectivity index (χ4n) is 1.89. The van der Waals surface area contributed by atoms with Crippen LogP contribution in [-0.4, -0.2) is 28.0 Å². The highest BCUT2D eigenvalue weighted by atomic mass is 35.5. The number of hydrogen-bond acceptors (Lipinski definition) is 4. The van der Waals surface area contributed by atoms with Crippen LogP contribution in [0.5, 0.6) is 5.88 Å². The topological polar surface area (TPSA) is 47.0 Å². The van der Waals surface area contributed by atoms with Gasteiger partial charge in [0, 0.05) is 23.7 Å². The molecular weight excluding hydrogens is 274 g/mol. The monoisotopic (exact) mass is 299 g/mol. The average molecular weight is 300 g/mol. The van der Waals surface area contributed by atoms with E-state index in [1.165, 1.54) is 0 Å². The van der Waals surface area contributed by atoms with Gasteiger partial charge in [0.15, 0.2) is 0 Å². The van der Waals surface area contributed by atoms with Crippen molar-refractivity contribution < 1.29 is 4.74 Å². The summed E-state index contributed by atoms with van der Waals surface area (Å²) in [4.78, 5) is 8.85. The first kappa shape index (κ1) is 17.0. The van der Waals surface area contributed by atoms with Crippen LogP contribution in [0.15, 0.2) is 6.07 Å². The van der Waals surface area contributed by atoms with Crippen LogP contribution in [0.25, 0.3) is 0 Å². The number of nitrogens with one attached hydrogen (secondary N) is 1. The third-order valence-corrected chi connectivity index (χ3v) is 3.15. The third kappa shape index (κ3) is 5.53. The molecule has 0 fully saturated rings. The Morgan fingerprint density at radius 2 is 1.95 bits per heavy atom. The molecule has 0 bridgehead atoms. The van der Waals surface area contributed by atoms with Gasteiger partial charge in [-0.3, -0.25) is 0 Å². The number of nitrogens with zero attached hydrogens (tertiary/aromatic N) is 2. The van der Waals surface area contributed by atoms with Crippen molar-refractivity contribution in [2.45, 2.75) is 60.1 Å². The van der Waals surface area contributed by atoms with Gasteiger partial charge in [-0.25, -0.2) is 4.98 Å². The highest BCUT2D eigenvalue weighted by molar-refractivity contribution is 6.17. The Balaban J connectivity index is 2.92. The Morgan fingerprint density at radius 3 is 2.45 bits per heavy atom. The molecule has 1 aromatic heterocycles. The molecule has 1 heterocycles. The number of aryl methyl sites for hydroxylation is 1. The summed E-state index contributed by atoms with van der Waals surface area (Å²) < 4.78 is 5.65. The van der Waals surface area contributed by atoms with E-state index in [0.29, 0.717) is 17.7 Å². The van der Waals surface area contributed by atoms with E-state index in [2.05, 4.69) is 36.1 Å². The SMILES string of the molecule is Cc1cc(OC(C)C)nc(NC(CCCl)C(C)(C)C)n1. The molecule has 1 unspecified atom stereocenters. The lowest BCUT2D eigenvalue weighted by atomic mass is 9.85. The van der Waals surface area contributed by atoms with Crippen LogP contribution in [0.3, 0.4) is 0 Å². The van der Waals surface area contributed by atoms with Crippen molar-refractivity contribution in [3.63, 3.8) is 0 Å². The Morgan fingerprint density at radius 1 is 1.30 bits per heavy atom. The van der Waals surface area contributed by atoms with Crippen LogP contribution in [0.2, 0.25) is 0 Å². The molecule has 1 aromatic rings. The van der Waals surface area contributed by atoms with Crippen LogP contribution in [0, 0.1) is 12.3 Å². The first-order chi connectivity index (χ1) is 9.22. The fourth-order valence-corrected chi connectivity index (χ4v) is 2.11. The standard InChI is InChI=1S/C15H26ClN3O/c1-10(2)20-13-9-11(3)17-14(19-13)18-12(7-8-16)15(4,5)6/h9-10,12H,7-8H2,1-6H3,(H,17,18,19). The van der Waals surface area contributed by atoms with Crippen molar-refractivity contribution in [3.05, 3.63) is 11.8 Å². The van der Waals surface area contributed by atoms with Crippen molar-refractivity contribution in [2.75, 3.05) is 11.2 Å². The van der Waals surface area contributed by atoms with Gasteiger partial charge >= 0.3 is 0 Å². The number of ether oxygens (including phenoxy) is 1. The summed E-state index contributed by atoms with van der Waals surface area (Å²) >= 11 is 5.89. The lowest BCUT2D eigenvalue weighted by Crippen LogP contribution is -2.35. The Bertz CT molecular complexity index is 430. The lowest BCUT2D eigenvalue weighted by molar-refractivity contribution is 0.232. The zero-order valence-corrected chi connectivity index (χ0v) is 14.1. The molecule has 0 spiro atoms. The molecule has 114 valence electrons. The van der Waals surface area contributed by atoms with Crippen LogP contribution in [0.4, 0.5) is 5.95 Å². The molecule has 0 aliphatic carbocycles. The number of anilines is 1. The maximum atomic E-state index is 5.89. The molecule has 0 aliphatic rings. The largest absolute Gasteiger partial charge is 0.475 e. The van der Waals surface area contributed by atoms with E-state index < -0.39 is 0 Å². The molecule has 1 atom stereocenters. The molecule has 0 saturated heterocycles. The Labute approximate surface area is 127 Å². The minimum atomic E-state index is 0.0844. The molecule has 0 aromatic carbocycles. The number of halogens is 1. The predicted molar refractivity (Wildman–Crippen MR) is 84.7 cm³/mol. The van der Waals surface area contributed by atoms with Crippen molar-refractivity contribution in [1.29, 1.82) is 0 Å². The second-order valence-electron chi connectivity index (χ2n) is 6.38. The van der Waals surface area contributed by atoms with Crippen LogP contribution < -0.4 is 10.1 Å². The summed E-state index contributed by atoms with van der Waals surface area (Å²) in [7, 11) is 0. The fraction of sp³-hybridized carbons (Fsp3) is 0.733. The van der Waals surface area contributed by atoms with Crippen molar-refractivity contribution in [2.24, 2.45) is 5.41 Å². The molecule has 1 rings (SSSR count). The normalized spacial score (nSPS) is 13.4. The van der Waals surface area contributed by atoms with Gasteiger partial charge in [-0.1, -0.05) is 20.8 Å². The molecule has 20 heavy (non-hydrogen) atoms. The van der Waals surface area contributed by atoms with E-state index in [1.54, 1.807) is 0 Å². The molecule has 4 nitrogen and oxygen atoms in total. The van der Waals surface area contributed by atoms with Crippen LogP contribution in [-0.2, 0) is 0 Å². The smallest absolute Gasteiger partial charge is 0.226 e. The molecule has 5 heteroatoms. The first-order valence-electron chi connectivity index (χ1n) is 7.07. The second-order valence-corrected chi connectivity index (χ2v) is 6.76. The van der Waals surface area contributed by atoms with E-state index in [1.807, 2.05) is 26.8 Å². The highest BCUT2D eigenvalue weighted by Gasteiger charge is 2.25. The summed E-state index contributed by atoms with van der Waals surface area (Å²) in [5, 5.41) is 3.39. The molecule has 0 radical (unpaired) electrons. The van der Waals surface area contributed by atoms with E-state index >= 15 is 0 Å². The second kappa shape index (κ2) is 7.11. The Kier molecular flexibility index (Phi) is 6.06. The minimum absolute atomic E-state index is 0.0844. The maximum absolute atomic E-state index is 5.89. The van der Waals surface area contributed by atoms with E-state index in [4.69, 9.17) is 16.3 Å². The summed E-state index contributed by atoms with van der Waals surface area (Å²) in [6.45, 7) is 12.4. The van der Waals surface area contributed by atoms with Crippen molar-refractivity contribution >= 4 is 17.5 Å². The predicted octanol–water partition coefficient (Wildman–Crippen LogP) is 4.03. The van der Waals surface area contributed by atoms with E-state index in [0.717, 1.165) is 12.1 Å². The average Bonchev–Trinajstić information content (AvgIpc) is 2.25. The zero-order chi connectivity index (χ0) is 15.3. The Hall–Kier alpha value is -1.03. The molecule has 1 N–H and O–H groups in total. The summed E-state index contributed by atoms with van der Waals surface area (Å²) in [5.74, 6) is 1.81. The van der Waals surface area contributed by atoms with Gasteiger partial charge in [0.25, 0.3) is 0 Å². The van der Waals surface area contributed by atoms with Gasteiger partial charge in [0.1, 0.15) is 0 Å².